The smallest absolute Gasteiger partial charge is 0.509 e. The molecule has 0 fully saturated rings. The monoisotopic (exact) mass is 853 g/mol. The first-order valence-electron chi connectivity index (χ1n) is 17.6. The van der Waals surface area contributed by atoms with Crippen LogP contribution in [0.25, 0.3) is 44.4 Å². The van der Waals surface area contributed by atoms with Gasteiger partial charge in [0.1, 0.15) is 5.82 Å². The molecular weight excluding hydrogens is 808 g/mol. The zero-order chi connectivity index (χ0) is 35.5. The largest absolute Gasteiger partial charge is 2.00 e. The molecule has 3 heterocycles. The zero-order valence-corrected chi connectivity index (χ0v) is 33.6. The van der Waals surface area contributed by atoms with E-state index in [4.69, 9.17) is 14.8 Å². The van der Waals surface area contributed by atoms with Gasteiger partial charge in [0.05, 0.1) is 5.69 Å². The Bertz CT molecular complexity index is 2380. The van der Waals surface area contributed by atoms with E-state index in [-0.39, 0.29) is 26.5 Å². The van der Waals surface area contributed by atoms with Gasteiger partial charge in [-0.3, -0.25) is 4.68 Å². The number of pyridine rings is 1. The molecule has 262 valence electrons. The third-order valence-electron chi connectivity index (χ3n) is 9.60. The Morgan fingerprint density at radius 2 is 1.51 bits per heavy atom. The van der Waals surface area contributed by atoms with Crippen molar-refractivity contribution in [1.29, 1.82) is 0 Å². The quantitative estimate of drug-likeness (QED) is 0.150. The average Bonchev–Trinajstić information content (AvgIpc) is 3.53. The van der Waals surface area contributed by atoms with Crippen molar-refractivity contribution in [3.8, 4) is 34.1 Å². The summed E-state index contributed by atoms with van der Waals surface area (Å²) < 4.78 is 10.9. The minimum absolute atomic E-state index is 0. The summed E-state index contributed by atoms with van der Waals surface area (Å²) in [6.07, 6.45) is 2.91. The van der Waals surface area contributed by atoms with E-state index in [0.717, 1.165) is 56.7 Å². The molecule has 0 bridgehead atoms. The van der Waals surface area contributed by atoms with Gasteiger partial charge in [-0.1, -0.05) is 76.0 Å². The molecule has 0 aliphatic heterocycles. The third-order valence-corrected chi connectivity index (χ3v) is 9.60. The Hall–Kier alpha value is -4.47. The summed E-state index contributed by atoms with van der Waals surface area (Å²) >= 11 is 0. The molecule has 4 aromatic carbocycles. The molecule has 0 aliphatic carbocycles. The minimum atomic E-state index is -0.127. The Balaban J connectivity index is 0.00000448. The summed E-state index contributed by atoms with van der Waals surface area (Å²) in [4.78, 5) is 4.83. The van der Waals surface area contributed by atoms with Gasteiger partial charge in [-0.2, -0.15) is 11.2 Å². The molecule has 0 unspecified atom stereocenters. The molecule has 0 N–H and O–H groups in total. The van der Waals surface area contributed by atoms with Gasteiger partial charge in [-0.25, -0.2) is 4.98 Å². The number of aryl methyl sites for hydroxylation is 4. The van der Waals surface area contributed by atoms with E-state index >= 15 is 0 Å². The number of nitrogens with zero attached hydrogens (tertiary/aromatic N) is 4. The van der Waals surface area contributed by atoms with Crippen LogP contribution < -0.4 is 4.74 Å². The normalized spacial score (nSPS) is 11.8. The minimum Gasteiger partial charge on any atom is -0.509 e. The summed E-state index contributed by atoms with van der Waals surface area (Å²) in [5.41, 5.74) is 13.4. The standard InChI is InChI=1S/C45H46N4O.Pt/c1-27(2)19-33-17-18-46-42(22-33)48-40-14-12-11-13-38(40)39-16-15-36(26-41(39)48)50-37-24-34(45(8,9)10)23-35(25-37)49-32(7)44(31(6)47-49)43-29(4)20-28(3)21-30(43)5;/h11-18,20-24,27H,19H2,1-10H3;/q-2;+2. The first-order chi connectivity index (χ1) is 23.8. The predicted octanol–water partition coefficient (Wildman–Crippen LogP) is 11.5. The van der Waals surface area contributed by atoms with Crippen LogP contribution in [0.15, 0.2) is 79.0 Å². The number of rotatable bonds is 7. The van der Waals surface area contributed by atoms with Gasteiger partial charge in [0.25, 0.3) is 0 Å². The number of fused-ring (bicyclic) bond motifs is 3. The van der Waals surface area contributed by atoms with Gasteiger partial charge in [0.15, 0.2) is 0 Å². The van der Waals surface area contributed by atoms with Gasteiger partial charge < -0.3 is 9.30 Å². The van der Waals surface area contributed by atoms with Crippen LogP contribution in [-0.2, 0) is 32.9 Å². The topological polar surface area (TPSA) is 44.9 Å². The van der Waals surface area contributed by atoms with E-state index in [1.807, 2.05) is 16.9 Å². The molecule has 0 saturated carbocycles. The average molecular weight is 854 g/mol. The van der Waals surface area contributed by atoms with E-state index in [2.05, 4.69) is 153 Å². The van der Waals surface area contributed by atoms with Crippen molar-refractivity contribution < 1.29 is 25.8 Å². The number of hydrogen-bond acceptors (Lipinski definition) is 3. The van der Waals surface area contributed by atoms with Crippen molar-refractivity contribution in [1.82, 2.24) is 19.3 Å². The molecule has 51 heavy (non-hydrogen) atoms. The summed E-state index contributed by atoms with van der Waals surface area (Å²) in [6, 6.07) is 32.9. The molecule has 0 amide bonds. The van der Waals surface area contributed by atoms with Crippen LogP contribution in [0.5, 0.6) is 11.5 Å². The second-order valence-corrected chi connectivity index (χ2v) is 15.3. The predicted molar refractivity (Wildman–Crippen MR) is 206 cm³/mol. The van der Waals surface area contributed by atoms with Crippen molar-refractivity contribution in [3.63, 3.8) is 0 Å². The molecule has 0 aliphatic rings. The molecule has 0 radical (unpaired) electrons. The number of hydrogen-bond donors (Lipinski definition) is 0. The summed E-state index contributed by atoms with van der Waals surface area (Å²) in [5.74, 6) is 2.68. The second kappa shape index (κ2) is 13.9. The maximum atomic E-state index is 6.67. The number of para-hydroxylation sites is 1. The number of ether oxygens (including phenoxy) is 1. The van der Waals surface area contributed by atoms with Gasteiger partial charge in [-0.05, 0) is 104 Å². The Morgan fingerprint density at radius 1 is 0.784 bits per heavy atom. The summed E-state index contributed by atoms with van der Waals surface area (Å²) in [7, 11) is 0. The first kappa shape index (κ1) is 36.3. The van der Waals surface area contributed by atoms with Gasteiger partial charge in [-0.15, -0.1) is 41.3 Å². The Labute approximate surface area is 317 Å². The van der Waals surface area contributed by atoms with Crippen LogP contribution >= 0.6 is 0 Å². The van der Waals surface area contributed by atoms with Crippen LogP contribution in [0.4, 0.5) is 0 Å². The van der Waals surface area contributed by atoms with E-state index in [9.17, 15) is 0 Å². The van der Waals surface area contributed by atoms with Crippen LogP contribution in [0.1, 0.15) is 73.8 Å². The Kier molecular flexibility index (Phi) is 9.91. The van der Waals surface area contributed by atoms with E-state index in [1.54, 1.807) is 0 Å². The molecule has 0 atom stereocenters. The summed E-state index contributed by atoms with van der Waals surface area (Å²) in [5, 5.41) is 7.34. The second-order valence-electron chi connectivity index (χ2n) is 15.3. The van der Waals surface area contributed by atoms with E-state index < -0.39 is 0 Å². The van der Waals surface area contributed by atoms with Gasteiger partial charge >= 0.3 is 21.1 Å². The van der Waals surface area contributed by atoms with Crippen LogP contribution in [-0.4, -0.2) is 19.3 Å². The van der Waals surface area contributed by atoms with Crippen molar-refractivity contribution in [2.24, 2.45) is 5.92 Å². The molecule has 3 aromatic heterocycles. The molecule has 0 saturated heterocycles. The third kappa shape index (κ3) is 6.94. The SMILES string of the molecule is Cc1cc(C)c(-c2c(C)nn(-c3[c-]c(Oc4[c-]c5c(cc4)c4ccccc4n5-c4cc(CC(C)C)ccn4)cc(C(C)(C)C)c3)c2C)c(C)c1.[Pt+2]. The van der Waals surface area contributed by atoms with Gasteiger partial charge in [0, 0.05) is 34.5 Å². The van der Waals surface area contributed by atoms with Crippen LogP contribution in [0.3, 0.4) is 0 Å². The fourth-order valence-electron chi connectivity index (χ4n) is 7.42. The van der Waals surface area contributed by atoms with Crippen LogP contribution in [0, 0.1) is 52.7 Å². The number of benzene rings is 4. The summed E-state index contributed by atoms with van der Waals surface area (Å²) in [6.45, 7) is 21.9. The Morgan fingerprint density at radius 3 is 2.22 bits per heavy atom. The van der Waals surface area contributed by atoms with E-state index in [0.29, 0.717) is 17.4 Å². The first-order valence-corrected chi connectivity index (χ1v) is 17.6. The van der Waals surface area contributed by atoms with Crippen molar-refractivity contribution in [2.75, 3.05) is 0 Å². The van der Waals surface area contributed by atoms with Gasteiger partial charge in [0.2, 0.25) is 0 Å². The van der Waals surface area contributed by atoms with E-state index in [1.165, 1.54) is 33.4 Å². The molecule has 5 nitrogen and oxygen atoms in total. The zero-order valence-electron chi connectivity index (χ0n) is 31.3. The maximum Gasteiger partial charge on any atom is 2.00 e. The fourth-order valence-corrected chi connectivity index (χ4v) is 7.42. The molecule has 6 heteroatoms. The van der Waals surface area contributed by atoms with Crippen molar-refractivity contribution in [3.05, 3.63) is 130 Å². The maximum absolute atomic E-state index is 6.67. The molecule has 7 rings (SSSR count). The molecule has 0 spiro atoms. The number of aromatic nitrogens is 4. The molecule has 7 aromatic rings. The van der Waals surface area contributed by atoms with Crippen molar-refractivity contribution >= 4 is 21.8 Å². The van der Waals surface area contributed by atoms with Crippen molar-refractivity contribution in [2.45, 2.75) is 81.1 Å². The fraction of sp³-hybridized carbons (Fsp3) is 0.289. The van der Waals surface area contributed by atoms with Crippen LogP contribution in [0.2, 0.25) is 0 Å². The molecular formula is C45H46N4OPt.